The van der Waals surface area contributed by atoms with Crippen LogP contribution < -0.4 is 14.4 Å². The number of aromatic nitrogens is 4. The molecule has 10 nitrogen and oxygen atoms in total. The Morgan fingerprint density at radius 2 is 1.67 bits per heavy atom. The Bertz CT molecular complexity index is 1640. The molecule has 206 valence electrons. The molecule has 1 aliphatic rings. The minimum absolute atomic E-state index is 0.0591. The number of halogens is 4. The lowest BCUT2D eigenvalue weighted by molar-refractivity contribution is -0.137. The molecule has 5 rings (SSSR count). The van der Waals surface area contributed by atoms with Gasteiger partial charge in [0.1, 0.15) is 17.0 Å². The Kier molecular flexibility index (Phi) is 7.03. The first kappa shape index (κ1) is 27.0. The van der Waals surface area contributed by atoms with Crippen LogP contribution in [0.3, 0.4) is 0 Å². The second-order valence-electron chi connectivity index (χ2n) is 8.57. The molecule has 1 aliphatic heterocycles. The zero-order valence-corrected chi connectivity index (χ0v) is 22.3. The lowest BCUT2D eigenvalue weighted by atomic mass is 10.1. The molecule has 1 fully saturated rings. The van der Waals surface area contributed by atoms with E-state index >= 15 is 0 Å². The molecule has 0 atom stereocenters. The van der Waals surface area contributed by atoms with E-state index in [9.17, 15) is 21.6 Å². The lowest BCUT2D eigenvalue weighted by Crippen LogP contribution is -2.49. The van der Waals surface area contributed by atoms with Crippen LogP contribution in [0.2, 0.25) is 5.02 Å². The summed E-state index contributed by atoms with van der Waals surface area (Å²) in [7, 11) is -1.07. The van der Waals surface area contributed by atoms with Crippen LogP contribution in [0.5, 0.6) is 11.5 Å². The summed E-state index contributed by atoms with van der Waals surface area (Å²) in [6, 6.07) is 7.64. The van der Waals surface area contributed by atoms with E-state index in [1.807, 2.05) is 11.0 Å². The lowest BCUT2D eigenvalue weighted by Gasteiger charge is -2.36. The molecular weight excluding hydrogens is 561 g/mol. The summed E-state index contributed by atoms with van der Waals surface area (Å²) in [5.74, 6) is 2.08. The second-order valence-corrected chi connectivity index (χ2v) is 10.9. The van der Waals surface area contributed by atoms with Gasteiger partial charge >= 0.3 is 6.18 Å². The first-order valence-electron chi connectivity index (χ1n) is 11.6. The van der Waals surface area contributed by atoms with Crippen molar-refractivity contribution in [3.05, 3.63) is 59.5 Å². The minimum Gasteiger partial charge on any atom is -0.493 e. The zero-order valence-electron chi connectivity index (χ0n) is 20.7. The molecule has 0 unspecified atom stereocenters. The highest BCUT2D eigenvalue weighted by molar-refractivity contribution is 7.89. The van der Waals surface area contributed by atoms with E-state index < -0.39 is 26.8 Å². The monoisotopic (exact) mass is 582 g/mol. The van der Waals surface area contributed by atoms with Crippen molar-refractivity contribution in [2.75, 3.05) is 45.3 Å². The Hall–Kier alpha value is -3.62. The van der Waals surface area contributed by atoms with Crippen LogP contribution in [0.4, 0.5) is 19.0 Å². The van der Waals surface area contributed by atoms with Crippen LogP contribution in [0, 0.1) is 0 Å². The molecule has 0 spiro atoms. The molecule has 15 heteroatoms. The fourth-order valence-corrected chi connectivity index (χ4v) is 6.38. The topological polar surface area (TPSA) is 102 Å². The molecule has 0 saturated carbocycles. The maximum absolute atomic E-state index is 13.3. The third kappa shape index (κ3) is 4.94. The quantitative estimate of drug-likeness (QED) is 0.336. The van der Waals surface area contributed by atoms with E-state index in [1.165, 1.54) is 24.9 Å². The van der Waals surface area contributed by atoms with Crippen molar-refractivity contribution in [2.24, 2.45) is 0 Å². The van der Waals surface area contributed by atoms with E-state index in [0.29, 0.717) is 40.8 Å². The molecule has 0 N–H and O–H groups in total. The molecule has 0 radical (unpaired) electrons. The second kappa shape index (κ2) is 10.2. The van der Waals surface area contributed by atoms with E-state index in [-0.39, 0.29) is 31.1 Å². The highest BCUT2D eigenvalue weighted by Crippen LogP contribution is 2.38. The van der Waals surface area contributed by atoms with Gasteiger partial charge in [-0.25, -0.2) is 13.4 Å². The van der Waals surface area contributed by atoms with Gasteiger partial charge in [-0.05, 0) is 35.9 Å². The smallest absolute Gasteiger partial charge is 0.416 e. The van der Waals surface area contributed by atoms with Crippen LogP contribution in [0.1, 0.15) is 5.56 Å². The number of nitrogens with zero attached hydrogens (tertiary/aromatic N) is 6. The van der Waals surface area contributed by atoms with Crippen molar-refractivity contribution in [3.8, 4) is 22.6 Å². The summed E-state index contributed by atoms with van der Waals surface area (Å²) in [4.78, 5) is 10.1. The van der Waals surface area contributed by atoms with Crippen LogP contribution in [0.15, 0.2) is 53.8 Å². The summed E-state index contributed by atoms with van der Waals surface area (Å²) in [6.45, 7) is 0.640. The highest BCUT2D eigenvalue weighted by Gasteiger charge is 2.35. The zero-order chi connectivity index (χ0) is 27.9. The van der Waals surface area contributed by atoms with Gasteiger partial charge in [-0.15, -0.1) is 0 Å². The Balaban J connectivity index is 1.45. The Morgan fingerprint density at radius 1 is 0.949 bits per heavy atom. The average molecular weight is 583 g/mol. The minimum atomic E-state index is -4.64. The van der Waals surface area contributed by atoms with Gasteiger partial charge in [0.15, 0.2) is 11.5 Å². The third-order valence-electron chi connectivity index (χ3n) is 6.39. The number of piperazine rings is 1. The molecule has 39 heavy (non-hydrogen) atoms. The van der Waals surface area contributed by atoms with E-state index in [0.717, 1.165) is 11.6 Å². The predicted molar refractivity (Wildman–Crippen MR) is 137 cm³/mol. The number of fused-ring (bicyclic) bond motifs is 1. The average Bonchev–Trinajstić information content (AvgIpc) is 3.40. The number of alkyl halides is 3. The van der Waals surface area contributed by atoms with E-state index in [2.05, 4.69) is 15.1 Å². The number of hydrogen-bond donors (Lipinski definition) is 0. The van der Waals surface area contributed by atoms with Crippen molar-refractivity contribution >= 4 is 33.2 Å². The largest absolute Gasteiger partial charge is 0.493 e. The standard InChI is InChI=1S/C24H22ClF3N6O4S/c1-37-19-5-3-15(11-20(19)38-2)17-13-29-23-30-14-31-34(23)22(17)32-7-9-33(10-8-32)39(35,36)21-6-4-16(12-18(21)25)24(26,27)28/h3-6,11-14H,7-10H2,1-2H3. The van der Waals surface area contributed by atoms with Gasteiger partial charge in [-0.2, -0.15) is 32.1 Å². The highest BCUT2D eigenvalue weighted by atomic mass is 35.5. The molecule has 0 aliphatic carbocycles. The van der Waals surface area contributed by atoms with Gasteiger partial charge in [0.2, 0.25) is 10.0 Å². The molecule has 3 heterocycles. The van der Waals surface area contributed by atoms with Gasteiger partial charge in [0, 0.05) is 37.9 Å². The molecule has 1 saturated heterocycles. The van der Waals surface area contributed by atoms with Crippen molar-refractivity contribution < 1.29 is 31.1 Å². The molecule has 0 bridgehead atoms. The fourth-order valence-electron chi connectivity index (χ4n) is 4.44. The SMILES string of the molecule is COc1ccc(-c2cnc3ncnn3c2N2CCN(S(=O)(=O)c3ccc(C(F)(F)F)cc3Cl)CC2)cc1OC. The van der Waals surface area contributed by atoms with Crippen LogP contribution in [0.25, 0.3) is 16.9 Å². The van der Waals surface area contributed by atoms with Gasteiger partial charge in [-0.1, -0.05) is 17.7 Å². The molecule has 2 aromatic carbocycles. The van der Waals surface area contributed by atoms with Gasteiger partial charge in [0.05, 0.1) is 24.8 Å². The summed E-state index contributed by atoms with van der Waals surface area (Å²) >= 11 is 5.99. The number of benzene rings is 2. The summed E-state index contributed by atoms with van der Waals surface area (Å²) in [5.41, 5.74) is 0.448. The number of sulfonamides is 1. The van der Waals surface area contributed by atoms with Crippen LogP contribution in [-0.2, 0) is 16.2 Å². The molecular formula is C24H22ClF3N6O4S. The summed E-state index contributed by atoms with van der Waals surface area (Å²) in [5, 5.41) is 3.83. The maximum atomic E-state index is 13.3. The van der Waals surface area contributed by atoms with Gasteiger partial charge < -0.3 is 14.4 Å². The van der Waals surface area contributed by atoms with Crippen LogP contribution in [-0.4, -0.2) is 72.7 Å². The van der Waals surface area contributed by atoms with Crippen molar-refractivity contribution in [2.45, 2.75) is 11.1 Å². The molecule has 4 aromatic rings. The van der Waals surface area contributed by atoms with E-state index in [1.54, 1.807) is 22.8 Å². The third-order valence-corrected chi connectivity index (χ3v) is 8.77. The van der Waals surface area contributed by atoms with Gasteiger partial charge in [-0.3, -0.25) is 0 Å². The first-order chi connectivity index (χ1) is 18.5. The van der Waals surface area contributed by atoms with Gasteiger partial charge in [0.25, 0.3) is 5.78 Å². The Morgan fingerprint density at radius 3 is 2.31 bits per heavy atom. The fraction of sp³-hybridized carbons (Fsp3) is 0.292. The van der Waals surface area contributed by atoms with Crippen molar-refractivity contribution in [1.29, 1.82) is 0 Å². The number of anilines is 1. The van der Waals surface area contributed by atoms with Crippen molar-refractivity contribution in [1.82, 2.24) is 23.9 Å². The maximum Gasteiger partial charge on any atom is 0.416 e. The number of rotatable bonds is 6. The van der Waals surface area contributed by atoms with E-state index in [4.69, 9.17) is 21.1 Å². The number of methoxy groups -OCH3 is 2. The number of ether oxygens (including phenoxy) is 2. The normalized spacial score (nSPS) is 15.1. The van der Waals surface area contributed by atoms with Crippen molar-refractivity contribution in [3.63, 3.8) is 0 Å². The van der Waals surface area contributed by atoms with Crippen LogP contribution >= 0.6 is 11.6 Å². The predicted octanol–water partition coefficient (Wildman–Crippen LogP) is 3.99. The molecule has 0 amide bonds. The summed E-state index contributed by atoms with van der Waals surface area (Å²) < 4.78 is 79.2. The summed E-state index contributed by atoms with van der Waals surface area (Å²) in [6.07, 6.45) is -1.61. The first-order valence-corrected chi connectivity index (χ1v) is 13.4. The molecule has 2 aromatic heterocycles. The Labute approximate surface area is 226 Å². The number of hydrogen-bond acceptors (Lipinski definition) is 8.